The summed E-state index contributed by atoms with van der Waals surface area (Å²) in [5, 5.41) is 0. The number of benzene rings is 1. The molecule has 2 unspecified atom stereocenters. The van der Waals surface area contributed by atoms with E-state index in [1.807, 2.05) is 13.8 Å². The predicted molar refractivity (Wildman–Crippen MR) is 141 cm³/mol. The van der Waals surface area contributed by atoms with Gasteiger partial charge in [0.25, 0.3) is 0 Å². The molecule has 0 aliphatic heterocycles. The molecule has 266 valence electrons. The molecule has 8 nitrogen and oxygen atoms in total. The summed E-state index contributed by atoms with van der Waals surface area (Å²) in [5.74, 6) is -3.93. The minimum atomic E-state index is -4.86. The van der Waals surface area contributed by atoms with Crippen LogP contribution >= 0.6 is 0 Å². The summed E-state index contributed by atoms with van der Waals surface area (Å²) in [7, 11) is 0. The lowest BCUT2D eigenvalue weighted by Gasteiger charge is -2.44. The van der Waals surface area contributed by atoms with Crippen LogP contribution in [0.3, 0.4) is 0 Å². The number of hydrogen-bond acceptors (Lipinski definition) is 8. The Labute approximate surface area is 264 Å². The van der Waals surface area contributed by atoms with Crippen molar-refractivity contribution in [2.24, 2.45) is 0 Å². The molecule has 3 aromatic rings. The zero-order chi connectivity index (χ0) is 35.9. The fraction of sp³-hybridized carbons (Fsp3) is 0.500. The summed E-state index contributed by atoms with van der Waals surface area (Å²) >= 11 is 0. The van der Waals surface area contributed by atoms with Crippen molar-refractivity contribution >= 4 is 0 Å². The van der Waals surface area contributed by atoms with Gasteiger partial charge in [0.15, 0.2) is 26.4 Å². The van der Waals surface area contributed by atoms with Crippen molar-refractivity contribution in [2.75, 3.05) is 26.4 Å². The van der Waals surface area contributed by atoms with Crippen LogP contribution in [0.2, 0.25) is 0 Å². The molecular formula is C28H26F12N4O4. The Kier molecular flexibility index (Phi) is 12.2. The lowest BCUT2D eigenvalue weighted by Crippen LogP contribution is -2.33. The quantitative estimate of drug-likeness (QED) is 0.185. The summed E-state index contributed by atoms with van der Waals surface area (Å²) in [6.07, 6.45) is -19.4. The van der Waals surface area contributed by atoms with Crippen molar-refractivity contribution in [3.8, 4) is 23.8 Å². The molecule has 0 bridgehead atoms. The molecule has 0 spiro atoms. The number of alkyl halides is 12. The van der Waals surface area contributed by atoms with E-state index < -0.39 is 92.7 Å². The van der Waals surface area contributed by atoms with Gasteiger partial charge in [-0.05, 0) is 12.0 Å². The first-order valence-electron chi connectivity index (χ1n) is 13.9. The zero-order valence-electron chi connectivity index (χ0n) is 24.8. The Hall–Kier alpha value is -4.26. The molecular weight excluding hydrogens is 684 g/mol. The molecule has 1 saturated carbocycles. The number of rotatable bonds is 11. The van der Waals surface area contributed by atoms with Crippen molar-refractivity contribution in [1.82, 2.24) is 19.9 Å². The van der Waals surface area contributed by atoms with Crippen LogP contribution in [0.4, 0.5) is 52.7 Å². The number of nitrogens with zero attached hydrogens (tertiary/aromatic N) is 4. The van der Waals surface area contributed by atoms with Crippen molar-refractivity contribution in [2.45, 2.75) is 62.7 Å². The molecule has 1 aliphatic rings. The molecule has 1 aromatic carbocycles. The van der Waals surface area contributed by atoms with E-state index in [9.17, 15) is 52.7 Å². The second-order valence-electron chi connectivity index (χ2n) is 9.83. The lowest BCUT2D eigenvalue weighted by molar-refractivity contribution is -0.156. The average Bonchev–Trinajstić information content (AvgIpc) is 2.97. The van der Waals surface area contributed by atoms with E-state index in [4.69, 9.17) is 0 Å². The number of halogens is 12. The molecule has 0 amide bonds. The van der Waals surface area contributed by atoms with Crippen LogP contribution in [-0.2, 0) is 0 Å². The Morgan fingerprint density at radius 3 is 1.25 bits per heavy atom. The average molecular weight is 711 g/mol. The number of ether oxygens (including phenoxy) is 4. The van der Waals surface area contributed by atoms with E-state index in [-0.39, 0.29) is 17.8 Å². The van der Waals surface area contributed by atoms with Crippen LogP contribution < -0.4 is 18.9 Å². The van der Waals surface area contributed by atoms with E-state index >= 15 is 0 Å². The summed E-state index contributed by atoms with van der Waals surface area (Å²) in [5.41, 5.74) is 0.267. The Morgan fingerprint density at radius 2 is 0.896 bits per heavy atom. The van der Waals surface area contributed by atoms with Crippen LogP contribution in [0, 0.1) is 0 Å². The van der Waals surface area contributed by atoms with Crippen LogP contribution in [0.1, 0.15) is 55.0 Å². The fourth-order valence-corrected chi connectivity index (χ4v) is 4.50. The van der Waals surface area contributed by atoms with Crippen LogP contribution in [0.15, 0.2) is 42.5 Å². The molecule has 4 rings (SSSR count). The summed E-state index contributed by atoms with van der Waals surface area (Å²) in [6.45, 7) is -3.46. The first kappa shape index (κ1) is 38.2. The highest BCUT2D eigenvalue weighted by Gasteiger charge is 2.46. The number of hydrogen-bond donors (Lipinski definition) is 0. The molecule has 0 N–H and O–H groups in total. The minimum Gasteiger partial charge on any atom is -0.468 e. The highest BCUT2D eigenvalue weighted by Crippen LogP contribution is 2.58. The topological polar surface area (TPSA) is 88.5 Å². The van der Waals surface area contributed by atoms with Crippen LogP contribution in [0.25, 0.3) is 0 Å². The van der Waals surface area contributed by atoms with Crippen molar-refractivity contribution in [3.05, 3.63) is 59.4 Å². The third-order valence-electron chi connectivity index (χ3n) is 6.22. The van der Waals surface area contributed by atoms with E-state index in [2.05, 4.69) is 38.9 Å². The van der Waals surface area contributed by atoms with Gasteiger partial charge in [0.2, 0.25) is 11.8 Å². The van der Waals surface area contributed by atoms with Gasteiger partial charge >= 0.3 is 36.7 Å². The van der Waals surface area contributed by atoms with Crippen LogP contribution in [-0.4, -0.2) is 71.1 Å². The Balaban J connectivity index is 0.00000307. The summed E-state index contributed by atoms with van der Waals surface area (Å²) in [4.78, 5) is 14.8. The molecule has 0 radical (unpaired) electrons. The van der Waals surface area contributed by atoms with Gasteiger partial charge in [0.05, 0.1) is 11.4 Å². The second-order valence-corrected chi connectivity index (χ2v) is 9.83. The van der Waals surface area contributed by atoms with E-state index in [0.29, 0.717) is 5.56 Å². The minimum absolute atomic E-state index is 0.0531. The van der Waals surface area contributed by atoms with Gasteiger partial charge in [0, 0.05) is 29.9 Å². The van der Waals surface area contributed by atoms with E-state index in [1.54, 1.807) is 30.3 Å². The van der Waals surface area contributed by atoms with Gasteiger partial charge in [0.1, 0.15) is 0 Å². The van der Waals surface area contributed by atoms with Gasteiger partial charge in [-0.2, -0.15) is 72.6 Å². The van der Waals surface area contributed by atoms with Gasteiger partial charge < -0.3 is 18.9 Å². The maximum absolute atomic E-state index is 12.8. The summed E-state index contributed by atoms with van der Waals surface area (Å²) in [6, 6.07) is 8.01. The highest BCUT2D eigenvalue weighted by atomic mass is 19.4. The van der Waals surface area contributed by atoms with Gasteiger partial charge in [-0.3, -0.25) is 0 Å². The Morgan fingerprint density at radius 1 is 0.542 bits per heavy atom. The molecule has 1 aliphatic carbocycles. The standard InChI is InChI=1S/C26H20F12N4O4.C2H6/c27-23(28,29)9-43-18-7-16(39-21(41-18)45-11-25(33,34)35)14-6-15(20(14)13-4-2-1-3-5-13)17-8-19(44-10-24(30,31)32)42-22(40-17)46-12-26(36,37)38;1-2/h1-5,7-8,14-15,20H,6,9-12H2;1-2H3. The second kappa shape index (κ2) is 15.3. The normalized spacial score (nSPS) is 18.2. The first-order chi connectivity index (χ1) is 22.2. The van der Waals surface area contributed by atoms with Crippen LogP contribution in [0.5, 0.6) is 23.8 Å². The van der Waals surface area contributed by atoms with Gasteiger partial charge in [-0.25, -0.2) is 0 Å². The molecule has 20 heteroatoms. The third-order valence-corrected chi connectivity index (χ3v) is 6.22. The predicted octanol–water partition coefficient (Wildman–Crippen LogP) is 8.11. The maximum Gasteiger partial charge on any atom is 0.422 e. The van der Waals surface area contributed by atoms with E-state index in [1.165, 1.54) is 0 Å². The van der Waals surface area contributed by atoms with Crippen molar-refractivity contribution in [3.63, 3.8) is 0 Å². The lowest BCUT2D eigenvalue weighted by atomic mass is 9.59. The van der Waals surface area contributed by atoms with E-state index in [0.717, 1.165) is 12.1 Å². The van der Waals surface area contributed by atoms with Gasteiger partial charge in [-0.1, -0.05) is 44.2 Å². The molecule has 1 fully saturated rings. The zero-order valence-corrected chi connectivity index (χ0v) is 24.8. The summed E-state index contributed by atoms with van der Waals surface area (Å²) < 4.78 is 172. The van der Waals surface area contributed by atoms with Gasteiger partial charge in [-0.15, -0.1) is 0 Å². The van der Waals surface area contributed by atoms with Crippen molar-refractivity contribution in [1.29, 1.82) is 0 Å². The molecule has 2 aromatic heterocycles. The molecule has 2 atom stereocenters. The number of aromatic nitrogens is 4. The maximum atomic E-state index is 12.8. The largest absolute Gasteiger partial charge is 0.468 e. The third kappa shape index (κ3) is 12.1. The molecule has 48 heavy (non-hydrogen) atoms. The smallest absolute Gasteiger partial charge is 0.422 e. The SMILES string of the molecule is CC.FC(F)(F)COc1cc(C2CC(c3cc(OCC(F)(F)F)nc(OCC(F)(F)F)n3)C2c2ccccc2)nc(OCC(F)(F)F)n1. The van der Waals surface area contributed by atoms with Crippen molar-refractivity contribution < 1.29 is 71.6 Å². The highest BCUT2D eigenvalue weighted by molar-refractivity contribution is 5.39. The Bertz CT molecular complexity index is 1310. The first-order valence-corrected chi connectivity index (χ1v) is 13.9. The molecule has 0 saturated heterocycles. The monoisotopic (exact) mass is 710 g/mol. The fourth-order valence-electron chi connectivity index (χ4n) is 4.50. The molecule has 2 heterocycles.